The highest BCUT2D eigenvalue weighted by Gasteiger charge is 2.30. The number of hydrogen-bond acceptors (Lipinski definition) is 5. The van der Waals surface area contributed by atoms with Crippen molar-refractivity contribution < 1.29 is 14.3 Å². The van der Waals surface area contributed by atoms with Gasteiger partial charge in [0.05, 0.1) is 22.6 Å². The average molecular weight is 332 g/mol. The number of rotatable bonds is 4. The maximum Gasteiger partial charge on any atom is 0.338 e. The first-order valence-corrected chi connectivity index (χ1v) is 8.05. The molecule has 1 aliphatic carbocycles. The third-order valence-electron chi connectivity index (χ3n) is 4.49. The molecule has 0 unspecified atom stereocenters. The van der Waals surface area contributed by atoms with Crippen LogP contribution in [0.4, 0.5) is 0 Å². The molecule has 0 saturated heterocycles. The van der Waals surface area contributed by atoms with Crippen molar-refractivity contribution in [3.05, 3.63) is 44.6 Å². The van der Waals surface area contributed by atoms with Crippen molar-refractivity contribution in [2.24, 2.45) is 0 Å². The predicted octanol–water partition coefficient (Wildman–Crippen LogP) is 1.43. The molecule has 1 heterocycles. The maximum atomic E-state index is 12.3. The van der Waals surface area contributed by atoms with E-state index in [0.29, 0.717) is 16.5 Å². The fourth-order valence-electron chi connectivity index (χ4n) is 3.17. The highest BCUT2D eigenvalue weighted by atomic mass is 16.6. The largest absolute Gasteiger partial charge is 0.456 e. The summed E-state index contributed by atoms with van der Waals surface area (Å²) in [6, 6.07) is 4.57. The van der Waals surface area contributed by atoms with E-state index in [0.717, 1.165) is 23.8 Å². The summed E-state index contributed by atoms with van der Waals surface area (Å²) in [5.74, 6) is -0.480. The molecule has 128 valence electrons. The molecule has 2 atom stereocenters. The molecule has 0 bridgehead atoms. The summed E-state index contributed by atoms with van der Waals surface area (Å²) in [7, 11) is 1.61. The molecule has 1 aromatic carbocycles. The van der Waals surface area contributed by atoms with Gasteiger partial charge in [0.2, 0.25) is 0 Å². The van der Waals surface area contributed by atoms with Crippen molar-refractivity contribution in [3.8, 4) is 0 Å². The van der Waals surface area contributed by atoms with Crippen LogP contribution < -0.4 is 11.2 Å². The molecule has 2 aromatic rings. The number of hydrogen-bond donors (Lipinski definition) is 1. The third-order valence-corrected chi connectivity index (χ3v) is 4.49. The fourth-order valence-corrected chi connectivity index (χ4v) is 3.17. The van der Waals surface area contributed by atoms with Gasteiger partial charge in [0.1, 0.15) is 6.10 Å². The number of benzene rings is 1. The van der Waals surface area contributed by atoms with Crippen LogP contribution in [0.25, 0.3) is 10.9 Å². The Labute approximate surface area is 138 Å². The van der Waals surface area contributed by atoms with Gasteiger partial charge in [0.15, 0.2) is 0 Å². The van der Waals surface area contributed by atoms with Gasteiger partial charge in [-0.25, -0.2) is 9.59 Å². The van der Waals surface area contributed by atoms with Crippen LogP contribution in [-0.4, -0.2) is 34.8 Å². The quantitative estimate of drug-likeness (QED) is 0.856. The standard InChI is InChI=1S/C17H20N2O5/c1-3-19-15(20)11-8-7-10(9-12(11)18-17(19)22)16(21)24-14-6-4-5-13(14)23-2/h7-9,13-14H,3-6H2,1-2H3,(H,18,22)/t13-,14-/m1/s1. The molecule has 0 spiro atoms. The molecular weight excluding hydrogens is 312 g/mol. The number of nitrogens with zero attached hydrogens (tertiary/aromatic N) is 1. The van der Waals surface area contributed by atoms with Crippen molar-refractivity contribution in [2.75, 3.05) is 7.11 Å². The Balaban J connectivity index is 1.92. The van der Waals surface area contributed by atoms with Crippen LogP contribution in [0.5, 0.6) is 0 Å². The second-order valence-electron chi connectivity index (χ2n) is 5.89. The second-order valence-corrected chi connectivity index (χ2v) is 5.89. The van der Waals surface area contributed by atoms with Crippen molar-refractivity contribution in [1.82, 2.24) is 9.55 Å². The fraction of sp³-hybridized carbons (Fsp3) is 0.471. The summed E-state index contributed by atoms with van der Waals surface area (Å²) in [6.45, 7) is 2.01. The van der Waals surface area contributed by atoms with Gasteiger partial charge in [-0.15, -0.1) is 0 Å². The number of esters is 1. The highest BCUT2D eigenvalue weighted by molar-refractivity contribution is 5.94. The highest BCUT2D eigenvalue weighted by Crippen LogP contribution is 2.25. The van der Waals surface area contributed by atoms with E-state index in [1.165, 1.54) is 6.07 Å². The molecule has 1 fully saturated rings. The Kier molecular flexibility index (Phi) is 4.53. The topological polar surface area (TPSA) is 90.4 Å². The smallest absolute Gasteiger partial charge is 0.338 e. The van der Waals surface area contributed by atoms with Crippen LogP contribution in [0.15, 0.2) is 27.8 Å². The number of fused-ring (bicyclic) bond motifs is 1. The monoisotopic (exact) mass is 332 g/mol. The molecule has 7 nitrogen and oxygen atoms in total. The molecule has 1 aromatic heterocycles. The van der Waals surface area contributed by atoms with E-state index < -0.39 is 11.7 Å². The number of aromatic amines is 1. The van der Waals surface area contributed by atoms with Crippen LogP contribution in [0, 0.1) is 0 Å². The number of carbonyl (C=O) groups excluding carboxylic acids is 1. The van der Waals surface area contributed by atoms with E-state index in [4.69, 9.17) is 9.47 Å². The maximum absolute atomic E-state index is 12.3. The lowest BCUT2D eigenvalue weighted by molar-refractivity contribution is -0.0206. The molecule has 7 heteroatoms. The lowest BCUT2D eigenvalue weighted by atomic mass is 10.1. The van der Waals surface area contributed by atoms with E-state index >= 15 is 0 Å². The van der Waals surface area contributed by atoms with Crippen LogP contribution in [-0.2, 0) is 16.0 Å². The zero-order valence-electron chi connectivity index (χ0n) is 13.7. The molecule has 1 N–H and O–H groups in total. The van der Waals surface area contributed by atoms with Crippen molar-refractivity contribution >= 4 is 16.9 Å². The van der Waals surface area contributed by atoms with Crippen LogP contribution in [0.3, 0.4) is 0 Å². The van der Waals surface area contributed by atoms with Gasteiger partial charge < -0.3 is 14.5 Å². The molecule has 0 amide bonds. The van der Waals surface area contributed by atoms with Crippen molar-refractivity contribution in [1.29, 1.82) is 0 Å². The van der Waals surface area contributed by atoms with E-state index in [9.17, 15) is 14.4 Å². The minimum Gasteiger partial charge on any atom is -0.456 e. The first-order chi connectivity index (χ1) is 11.5. The van der Waals surface area contributed by atoms with E-state index in [-0.39, 0.29) is 24.3 Å². The Morgan fingerprint density at radius 3 is 2.75 bits per heavy atom. The SMILES string of the molecule is CCn1c(=O)[nH]c2cc(C(=O)O[C@@H]3CCC[C@H]3OC)ccc2c1=O. The third kappa shape index (κ3) is 2.87. The first kappa shape index (κ1) is 16.4. The van der Waals surface area contributed by atoms with Gasteiger partial charge in [-0.2, -0.15) is 0 Å². The lowest BCUT2D eigenvalue weighted by Gasteiger charge is -2.18. The average Bonchev–Trinajstić information content (AvgIpc) is 3.01. The summed E-state index contributed by atoms with van der Waals surface area (Å²) in [5.41, 5.74) is -0.227. The minimum atomic E-state index is -0.490. The molecule has 24 heavy (non-hydrogen) atoms. The summed E-state index contributed by atoms with van der Waals surface area (Å²) in [6.07, 6.45) is 2.26. The molecule has 1 saturated carbocycles. The Morgan fingerprint density at radius 1 is 1.29 bits per heavy atom. The number of methoxy groups -OCH3 is 1. The summed E-state index contributed by atoms with van der Waals surface area (Å²) in [4.78, 5) is 39.1. The zero-order valence-corrected chi connectivity index (χ0v) is 13.7. The normalized spacial score (nSPS) is 20.4. The van der Waals surface area contributed by atoms with Gasteiger partial charge in [-0.05, 0) is 44.4 Å². The van der Waals surface area contributed by atoms with Crippen molar-refractivity contribution in [2.45, 2.75) is 44.9 Å². The predicted molar refractivity (Wildman–Crippen MR) is 88.4 cm³/mol. The molecule has 3 rings (SSSR count). The van der Waals surface area contributed by atoms with Crippen molar-refractivity contribution in [3.63, 3.8) is 0 Å². The summed E-state index contributed by atoms with van der Waals surface area (Å²) < 4.78 is 11.9. The number of nitrogens with one attached hydrogen (secondary N) is 1. The number of ether oxygens (including phenoxy) is 2. The van der Waals surface area contributed by atoms with E-state index in [1.807, 2.05) is 0 Å². The van der Waals surface area contributed by atoms with Crippen LogP contribution in [0.2, 0.25) is 0 Å². The molecule has 1 aliphatic rings. The summed E-state index contributed by atoms with van der Waals surface area (Å²) in [5, 5.41) is 0.364. The van der Waals surface area contributed by atoms with Gasteiger partial charge >= 0.3 is 11.7 Å². The van der Waals surface area contributed by atoms with Gasteiger partial charge in [0.25, 0.3) is 5.56 Å². The zero-order chi connectivity index (χ0) is 17.3. The first-order valence-electron chi connectivity index (χ1n) is 8.05. The Morgan fingerprint density at radius 2 is 2.04 bits per heavy atom. The molecular formula is C17H20N2O5. The molecule has 0 aliphatic heterocycles. The van der Waals surface area contributed by atoms with Crippen LogP contribution >= 0.6 is 0 Å². The molecule has 0 radical (unpaired) electrons. The second kappa shape index (κ2) is 6.60. The van der Waals surface area contributed by atoms with Crippen LogP contribution in [0.1, 0.15) is 36.5 Å². The van der Waals surface area contributed by atoms with Gasteiger partial charge in [-0.3, -0.25) is 9.36 Å². The van der Waals surface area contributed by atoms with E-state index in [2.05, 4.69) is 4.98 Å². The van der Waals surface area contributed by atoms with Gasteiger partial charge in [-0.1, -0.05) is 0 Å². The Bertz CT molecular complexity index is 883. The lowest BCUT2D eigenvalue weighted by Crippen LogP contribution is -2.34. The Hall–Kier alpha value is -2.41. The number of H-pyrrole nitrogens is 1. The number of carbonyl (C=O) groups is 1. The minimum absolute atomic E-state index is 0.0778. The van der Waals surface area contributed by atoms with E-state index in [1.54, 1.807) is 26.2 Å². The van der Waals surface area contributed by atoms with Gasteiger partial charge in [0, 0.05) is 13.7 Å². The summed E-state index contributed by atoms with van der Waals surface area (Å²) >= 11 is 0. The number of aromatic nitrogens is 2.